The van der Waals surface area contributed by atoms with Gasteiger partial charge in [-0.1, -0.05) is 29.4 Å². The third kappa shape index (κ3) is 3.14. The van der Waals surface area contributed by atoms with Crippen LogP contribution in [0.1, 0.15) is 22.8 Å². The SMILES string of the molecule is CNCc1noc(CCc2ccccc2C)n1. The molecule has 90 valence electrons. The van der Waals surface area contributed by atoms with Gasteiger partial charge >= 0.3 is 0 Å². The maximum atomic E-state index is 5.18. The molecule has 0 saturated heterocycles. The number of aromatic nitrogens is 2. The third-order valence-corrected chi connectivity index (χ3v) is 2.71. The Balaban J connectivity index is 1.95. The fourth-order valence-corrected chi connectivity index (χ4v) is 1.75. The predicted octanol–water partition coefficient (Wildman–Crippen LogP) is 1.88. The number of aryl methyl sites for hydroxylation is 3. The van der Waals surface area contributed by atoms with Crippen LogP contribution in [0, 0.1) is 6.92 Å². The summed E-state index contributed by atoms with van der Waals surface area (Å²) in [5, 5.41) is 6.89. The number of rotatable bonds is 5. The van der Waals surface area contributed by atoms with Gasteiger partial charge in [-0.15, -0.1) is 0 Å². The van der Waals surface area contributed by atoms with Crippen LogP contribution in [0.2, 0.25) is 0 Å². The van der Waals surface area contributed by atoms with E-state index in [2.05, 4.69) is 46.6 Å². The second-order valence-corrected chi connectivity index (χ2v) is 4.06. The van der Waals surface area contributed by atoms with Gasteiger partial charge < -0.3 is 9.84 Å². The van der Waals surface area contributed by atoms with Crippen LogP contribution in [0.4, 0.5) is 0 Å². The van der Waals surface area contributed by atoms with E-state index in [1.165, 1.54) is 11.1 Å². The van der Waals surface area contributed by atoms with Gasteiger partial charge in [0.25, 0.3) is 0 Å². The lowest BCUT2D eigenvalue weighted by molar-refractivity contribution is 0.372. The Morgan fingerprint density at radius 2 is 2.06 bits per heavy atom. The smallest absolute Gasteiger partial charge is 0.227 e. The molecule has 1 N–H and O–H groups in total. The van der Waals surface area contributed by atoms with Crippen molar-refractivity contribution in [3.05, 3.63) is 47.1 Å². The van der Waals surface area contributed by atoms with Crippen LogP contribution in [0.5, 0.6) is 0 Å². The summed E-state index contributed by atoms with van der Waals surface area (Å²) in [6, 6.07) is 8.37. The van der Waals surface area contributed by atoms with Crippen LogP contribution in [0.25, 0.3) is 0 Å². The second kappa shape index (κ2) is 5.59. The second-order valence-electron chi connectivity index (χ2n) is 4.06. The lowest BCUT2D eigenvalue weighted by atomic mass is 10.0. The highest BCUT2D eigenvalue weighted by molar-refractivity contribution is 5.25. The van der Waals surface area contributed by atoms with Crippen molar-refractivity contribution < 1.29 is 4.52 Å². The van der Waals surface area contributed by atoms with Gasteiger partial charge in [-0.2, -0.15) is 4.98 Å². The predicted molar refractivity (Wildman–Crippen MR) is 65.6 cm³/mol. The summed E-state index contributed by atoms with van der Waals surface area (Å²) in [4.78, 5) is 4.30. The zero-order chi connectivity index (χ0) is 12.1. The normalized spacial score (nSPS) is 10.7. The first-order valence-corrected chi connectivity index (χ1v) is 5.80. The number of hydrogen-bond acceptors (Lipinski definition) is 4. The van der Waals surface area contributed by atoms with E-state index in [0.29, 0.717) is 18.3 Å². The molecule has 0 fully saturated rings. The maximum absolute atomic E-state index is 5.18. The molecule has 1 aromatic carbocycles. The number of benzene rings is 1. The van der Waals surface area contributed by atoms with Crippen molar-refractivity contribution in [1.82, 2.24) is 15.5 Å². The molecule has 1 aromatic heterocycles. The minimum atomic E-state index is 0.647. The van der Waals surface area contributed by atoms with Crippen molar-refractivity contribution in [1.29, 1.82) is 0 Å². The van der Waals surface area contributed by atoms with E-state index in [-0.39, 0.29) is 0 Å². The molecule has 4 nitrogen and oxygen atoms in total. The van der Waals surface area contributed by atoms with Crippen LogP contribution in [0.3, 0.4) is 0 Å². The van der Waals surface area contributed by atoms with E-state index in [0.717, 1.165) is 12.8 Å². The average molecular weight is 231 g/mol. The molecule has 4 heteroatoms. The minimum Gasteiger partial charge on any atom is -0.339 e. The zero-order valence-electron chi connectivity index (χ0n) is 10.2. The van der Waals surface area contributed by atoms with Crippen molar-refractivity contribution in [3.63, 3.8) is 0 Å². The maximum Gasteiger partial charge on any atom is 0.227 e. The lowest BCUT2D eigenvalue weighted by Crippen LogP contribution is -2.06. The van der Waals surface area contributed by atoms with E-state index >= 15 is 0 Å². The number of hydrogen-bond donors (Lipinski definition) is 1. The molecular weight excluding hydrogens is 214 g/mol. The van der Waals surface area contributed by atoms with Gasteiger partial charge in [-0.05, 0) is 31.5 Å². The van der Waals surface area contributed by atoms with Crippen molar-refractivity contribution in [3.8, 4) is 0 Å². The standard InChI is InChI=1S/C13H17N3O/c1-10-5-3-4-6-11(10)7-8-13-15-12(9-14-2)16-17-13/h3-6,14H,7-9H2,1-2H3. The highest BCUT2D eigenvalue weighted by atomic mass is 16.5. The first-order chi connectivity index (χ1) is 8.29. The molecule has 0 aliphatic rings. The molecule has 17 heavy (non-hydrogen) atoms. The van der Waals surface area contributed by atoms with Gasteiger partial charge in [0.2, 0.25) is 5.89 Å². The molecule has 2 aromatic rings. The first-order valence-electron chi connectivity index (χ1n) is 5.80. The summed E-state index contributed by atoms with van der Waals surface area (Å²) in [5.41, 5.74) is 2.64. The molecule has 0 amide bonds. The molecule has 0 aliphatic carbocycles. The molecule has 0 unspecified atom stereocenters. The summed E-state index contributed by atoms with van der Waals surface area (Å²) >= 11 is 0. The first kappa shape index (κ1) is 11.8. The minimum absolute atomic E-state index is 0.647. The molecule has 0 aliphatic heterocycles. The largest absolute Gasteiger partial charge is 0.339 e. The summed E-state index contributed by atoms with van der Waals surface area (Å²) in [6.07, 6.45) is 1.73. The fraction of sp³-hybridized carbons (Fsp3) is 0.385. The van der Waals surface area contributed by atoms with Crippen LogP contribution < -0.4 is 5.32 Å². The van der Waals surface area contributed by atoms with Gasteiger partial charge in [0.15, 0.2) is 5.82 Å². The monoisotopic (exact) mass is 231 g/mol. The molecule has 2 rings (SSSR count). The van der Waals surface area contributed by atoms with Crippen LogP contribution in [-0.2, 0) is 19.4 Å². The Morgan fingerprint density at radius 3 is 2.82 bits per heavy atom. The average Bonchev–Trinajstić information content (AvgIpc) is 2.76. The quantitative estimate of drug-likeness (QED) is 0.853. The molecule has 1 heterocycles. The van der Waals surface area contributed by atoms with Crippen molar-refractivity contribution in [2.45, 2.75) is 26.3 Å². The van der Waals surface area contributed by atoms with Crippen LogP contribution >= 0.6 is 0 Å². The zero-order valence-corrected chi connectivity index (χ0v) is 10.2. The molecular formula is C13H17N3O. The Bertz CT molecular complexity index is 479. The van der Waals surface area contributed by atoms with Gasteiger partial charge in [-0.25, -0.2) is 0 Å². The van der Waals surface area contributed by atoms with E-state index in [4.69, 9.17) is 4.52 Å². The topological polar surface area (TPSA) is 51.0 Å². The Kier molecular flexibility index (Phi) is 3.88. The van der Waals surface area contributed by atoms with E-state index in [1.54, 1.807) is 0 Å². The van der Waals surface area contributed by atoms with Gasteiger partial charge in [0.1, 0.15) is 0 Å². The van der Waals surface area contributed by atoms with E-state index in [1.807, 2.05) is 7.05 Å². The number of nitrogens with one attached hydrogen (secondary N) is 1. The Labute approximate surface area is 101 Å². The molecule has 0 spiro atoms. The Hall–Kier alpha value is -1.68. The van der Waals surface area contributed by atoms with Crippen molar-refractivity contribution >= 4 is 0 Å². The van der Waals surface area contributed by atoms with Crippen LogP contribution in [-0.4, -0.2) is 17.2 Å². The molecule has 0 bridgehead atoms. The van der Waals surface area contributed by atoms with Crippen LogP contribution in [0.15, 0.2) is 28.8 Å². The Morgan fingerprint density at radius 1 is 1.24 bits per heavy atom. The summed E-state index contributed by atoms with van der Waals surface area (Å²) in [6.45, 7) is 2.77. The van der Waals surface area contributed by atoms with Gasteiger partial charge in [0.05, 0.1) is 6.54 Å². The lowest BCUT2D eigenvalue weighted by Gasteiger charge is -2.02. The highest BCUT2D eigenvalue weighted by Gasteiger charge is 2.06. The fourth-order valence-electron chi connectivity index (χ4n) is 1.75. The van der Waals surface area contributed by atoms with E-state index < -0.39 is 0 Å². The third-order valence-electron chi connectivity index (χ3n) is 2.71. The molecule has 0 atom stereocenters. The summed E-state index contributed by atoms with van der Waals surface area (Å²) in [7, 11) is 1.86. The molecule has 0 saturated carbocycles. The highest BCUT2D eigenvalue weighted by Crippen LogP contribution is 2.10. The molecule has 0 radical (unpaired) electrons. The van der Waals surface area contributed by atoms with Gasteiger partial charge in [0, 0.05) is 6.42 Å². The van der Waals surface area contributed by atoms with Crippen molar-refractivity contribution in [2.75, 3.05) is 7.05 Å². The van der Waals surface area contributed by atoms with Crippen molar-refractivity contribution in [2.24, 2.45) is 0 Å². The van der Waals surface area contributed by atoms with E-state index in [9.17, 15) is 0 Å². The summed E-state index contributed by atoms with van der Waals surface area (Å²) < 4.78 is 5.18. The number of nitrogens with zero attached hydrogens (tertiary/aromatic N) is 2. The van der Waals surface area contributed by atoms with Gasteiger partial charge in [-0.3, -0.25) is 0 Å². The summed E-state index contributed by atoms with van der Waals surface area (Å²) in [5.74, 6) is 1.42.